The number of benzene rings is 3. The number of carboxylic acids is 2. The Labute approximate surface area is 193 Å². The van der Waals surface area contributed by atoms with Gasteiger partial charge >= 0.3 is 11.9 Å². The van der Waals surface area contributed by atoms with Crippen LogP contribution in [0.2, 0.25) is 10.0 Å². The Morgan fingerprint density at radius 1 is 0.844 bits per heavy atom. The second-order valence-corrected chi connectivity index (χ2v) is 8.28. The van der Waals surface area contributed by atoms with Crippen LogP contribution < -0.4 is 0 Å². The lowest BCUT2D eigenvalue weighted by atomic mass is 9.78. The first-order valence-electron chi connectivity index (χ1n) is 9.67. The standard InChI is InChI=1S/C24H17Cl2NO5/c25-15-9-5-13(6-10-15)20-19(23(29)30)17-3-1-2-4-18(17)22(28)27(20)21(24(31)32)14-7-11-16(26)12-8-14/h1-12,19-21H,(H,29,30)(H,31,32). The minimum absolute atomic E-state index is 0.158. The van der Waals surface area contributed by atoms with Gasteiger partial charge in [-0.25, -0.2) is 4.79 Å². The van der Waals surface area contributed by atoms with E-state index in [0.717, 1.165) is 4.90 Å². The van der Waals surface area contributed by atoms with Crippen LogP contribution >= 0.6 is 23.2 Å². The second-order valence-electron chi connectivity index (χ2n) is 7.40. The lowest BCUT2D eigenvalue weighted by Gasteiger charge is -2.43. The Morgan fingerprint density at radius 2 is 1.41 bits per heavy atom. The van der Waals surface area contributed by atoms with E-state index in [9.17, 15) is 24.6 Å². The first kappa shape index (κ1) is 21.9. The molecule has 3 aromatic carbocycles. The molecular weight excluding hydrogens is 453 g/mol. The summed E-state index contributed by atoms with van der Waals surface area (Å²) in [5, 5.41) is 21.2. The molecule has 2 N–H and O–H groups in total. The van der Waals surface area contributed by atoms with E-state index in [1.165, 1.54) is 30.3 Å². The fourth-order valence-electron chi connectivity index (χ4n) is 4.19. The third kappa shape index (κ3) is 3.83. The molecular formula is C24H17Cl2NO5. The first-order valence-corrected chi connectivity index (χ1v) is 10.4. The van der Waals surface area contributed by atoms with Crippen molar-refractivity contribution >= 4 is 41.0 Å². The van der Waals surface area contributed by atoms with Gasteiger partial charge in [-0.2, -0.15) is 0 Å². The molecule has 8 heteroatoms. The number of amides is 1. The number of halogens is 2. The van der Waals surface area contributed by atoms with E-state index >= 15 is 0 Å². The molecule has 0 radical (unpaired) electrons. The summed E-state index contributed by atoms with van der Waals surface area (Å²) < 4.78 is 0. The van der Waals surface area contributed by atoms with Gasteiger partial charge in [0.25, 0.3) is 5.91 Å². The van der Waals surface area contributed by atoms with Crippen molar-refractivity contribution in [3.8, 4) is 0 Å². The van der Waals surface area contributed by atoms with Gasteiger partial charge in [0, 0.05) is 15.6 Å². The number of rotatable bonds is 5. The third-order valence-corrected chi connectivity index (χ3v) is 6.06. The van der Waals surface area contributed by atoms with Gasteiger partial charge in [0.15, 0.2) is 6.04 Å². The van der Waals surface area contributed by atoms with E-state index in [0.29, 0.717) is 26.7 Å². The Hall–Kier alpha value is -3.35. The Balaban J connectivity index is 1.99. The van der Waals surface area contributed by atoms with Crippen molar-refractivity contribution in [1.29, 1.82) is 0 Å². The molecule has 1 aliphatic rings. The van der Waals surface area contributed by atoms with Crippen LogP contribution in [0.4, 0.5) is 0 Å². The molecule has 1 heterocycles. The molecule has 4 rings (SSSR count). The van der Waals surface area contributed by atoms with Gasteiger partial charge in [-0.3, -0.25) is 9.59 Å². The van der Waals surface area contributed by atoms with Crippen molar-refractivity contribution in [2.45, 2.75) is 18.0 Å². The maximum Gasteiger partial charge on any atom is 0.331 e. The van der Waals surface area contributed by atoms with Gasteiger partial charge in [0.1, 0.15) is 5.92 Å². The molecule has 6 nitrogen and oxygen atoms in total. The van der Waals surface area contributed by atoms with Crippen LogP contribution in [0.15, 0.2) is 72.8 Å². The van der Waals surface area contributed by atoms with Crippen molar-refractivity contribution in [2.24, 2.45) is 0 Å². The van der Waals surface area contributed by atoms with Crippen LogP contribution in [0.25, 0.3) is 0 Å². The quantitative estimate of drug-likeness (QED) is 0.536. The summed E-state index contributed by atoms with van der Waals surface area (Å²) in [5.41, 5.74) is 1.26. The number of carbonyl (C=O) groups is 3. The topological polar surface area (TPSA) is 94.9 Å². The number of carboxylic acid groups (broad SMARTS) is 2. The molecule has 1 aliphatic heterocycles. The molecule has 0 aromatic heterocycles. The number of nitrogens with zero attached hydrogens (tertiary/aromatic N) is 1. The zero-order valence-electron chi connectivity index (χ0n) is 16.5. The van der Waals surface area contributed by atoms with Gasteiger partial charge in [-0.05, 0) is 47.0 Å². The molecule has 0 saturated heterocycles. The predicted molar refractivity (Wildman–Crippen MR) is 119 cm³/mol. The van der Waals surface area contributed by atoms with E-state index in [2.05, 4.69) is 0 Å². The normalized spacial score (nSPS) is 18.7. The molecule has 3 unspecified atom stereocenters. The molecule has 32 heavy (non-hydrogen) atoms. The van der Waals surface area contributed by atoms with Gasteiger partial charge in [0.2, 0.25) is 0 Å². The van der Waals surface area contributed by atoms with Crippen molar-refractivity contribution in [3.05, 3.63) is 105 Å². The number of carbonyl (C=O) groups excluding carboxylic acids is 1. The van der Waals surface area contributed by atoms with Gasteiger partial charge in [-0.15, -0.1) is 0 Å². The van der Waals surface area contributed by atoms with Crippen LogP contribution in [0.3, 0.4) is 0 Å². The van der Waals surface area contributed by atoms with Crippen molar-refractivity contribution in [2.75, 3.05) is 0 Å². The monoisotopic (exact) mass is 469 g/mol. The SMILES string of the molecule is O=C(O)C1c2ccccc2C(=O)N(C(C(=O)O)c2ccc(Cl)cc2)C1c1ccc(Cl)cc1. The van der Waals surface area contributed by atoms with Crippen LogP contribution in [-0.4, -0.2) is 33.0 Å². The van der Waals surface area contributed by atoms with Crippen LogP contribution in [-0.2, 0) is 9.59 Å². The molecule has 1 amide bonds. The molecule has 3 atom stereocenters. The summed E-state index contributed by atoms with van der Waals surface area (Å²) in [5.74, 6) is -4.21. The van der Waals surface area contributed by atoms with Crippen molar-refractivity contribution in [3.63, 3.8) is 0 Å². The lowest BCUT2D eigenvalue weighted by molar-refractivity contribution is -0.147. The molecule has 0 spiro atoms. The highest BCUT2D eigenvalue weighted by Gasteiger charge is 2.48. The minimum atomic E-state index is -1.43. The fraction of sp³-hybridized carbons (Fsp3) is 0.125. The van der Waals surface area contributed by atoms with Gasteiger partial charge < -0.3 is 15.1 Å². The molecule has 0 aliphatic carbocycles. The Bertz CT molecular complexity index is 1190. The van der Waals surface area contributed by atoms with E-state index in [-0.39, 0.29) is 5.56 Å². The Kier molecular flexibility index (Phi) is 5.91. The maximum atomic E-state index is 13.6. The molecule has 0 fully saturated rings. The van der Waals surface area contributed by atoms with Crippen LogP contribution in [0.5, 0.6) is 0 Å². The van der Waals surface area contributed by atoms with E-state index in [4.69, 9.17) is 23.2 Å². The number of hydrogen-bond donors (Lipinski definition) is 2. The number of hydrogen-bond acceptors (Lipinski definition) is 3. The summed E-state index contributed by atoms with van der Waals surface area (Å²) in [4.78, 5) is 39.7. The summed E-state index contributed by atoms with van der Waals surface area (Å²) in [6, 6.07) is 16.3. The third-order valence-electron chi connectivity index (χ3n) is 5.55. The predicted octanol–water partition coefficient (Wildman–Crippen LogP) is 5.18. The smallest absolute Gasteiger partial charge is 0.331 e. The highest BCUT2D eigenvalue weighted by atomic mass is 35.5. The average Bonchev–Trinajstić information content (AvgIpc) is 2.76. The van der Waals surface area contributed by atoms with Gasteiger partial charge in [-0.1, -0.05) is 65.7 Å². The fourth-order valence-corrected chi connectivity index (χ4v) is 4.44. The average molecular weight is 470 g/mol. The summed E-state index contributed by atoms with van der Waals surface area (Å²) >= 11 is 12.0. The molecule has 3 aromatic rings. The highest BCUT2D eigenvalue weighted by Crippen LogP contribution is 2.47. The Morgan fingerprint density at radius 3 is 1.97 bits per heavy atom. The van der Waals surface area contributed by atoms with Crippen molar-refractivity contribution in [1.82, 2.24) is 4.90 Å². The molecule has 0 saturated carbocycles. The highest BCUT2D eigenvalue weighted by molar-refractivity contribution is 6.30. The molecule has 0 bridgehead atoms. The summed E-state index contributed by atoms with van der Waals surface area (Å²) in [6.45, 7) is 0. The first-order chi connectivity index (χ1) is 15.3. The largest absolute Gasteiger partial charge is 0.481 e. The molecule has 162 valence electrons. The number of aliphatic carboxylic acids is 2. The van der Waals surface area contributed by atoms with Crippen LogP contribution in [0.1, 0.15) is 45.0 Å². The van der Waals surface area contributed by atoms with Gasteiger partial charge in [0.05, 0.1) is 6.04 Å². The lowest BCUT2D eigenvalue weighted by Crippen LogP contribution is -2.48. The summed E-state index contributed by atoms with van der Waals surface area (Å²) in [6.07, 6.45) is 0. The number of fused-ring (bicyclic) bond motifs is 1. The maximum absolute atomic E-state index is 13.6. The van der Waals surface area contributed by atoms with E-state index < -0.39 is 35.8 Å². The van der Waals surface area contributed by atoms with E-state index in [1.54, 1.807) is 42.5 Å². The summed E-state index contributed by atoms with van der Waals surface area (Å²) in [7, 11) is 0. The van der Waals surface area contributed by atoms with E-state index in [1.807, 2.05) is 0 Å². The zero-order valence-corrected chi connectivity index (χ0v) is 18.0. The van der Waals surface area contributed by atoms with Crippen LogP contribution in [0, 0.1) is 0 Å². The zero-order chi connectivity index (χ0) is 23.0. The minimum Gasteiger partial charge on any atom is -0.481 e. The van der Waals surface area contributed by atoms with Crippen molar-refractivity contribution < 1.29 is 24.6 Å². The second kappa shape index (κ2) is 8.65.